The SMILES string of the molecule is CCNC(=NCc1oc2ccccc2c1C)NC1CCN(C(=O)OCC)CC1. The monoisotopic (exact) mass is 386 g/mol. The fourth-order valence-electron chi connectivity index (χ4n) is 3.46. The maximum absolute atomic E-state index is 11.8. The number of fused-ring (bicyclic) bond motifs is 1. The van der Waals surface area contributed by atoms with Crippen molar-refractivity contribution in [2.24, 2.45) is 4.99 Å². The second kappa shape index (κ2) is 9.48. The topological polar surface area (TPSA) is 79.1 Å². The van der Waals surface area contributed by atoms with Gasteiger partial charge in [0.05, 0.1) is 6.61 Å². The van der Waals surface area contributed by atoms with Crippen LogP contribution in [0, 0.1) is 6.92 Å². The lowest BCUT2D eigenvalue weighted by molar-refractivity contribution is 0.0963. The molecular formula is C21H30N4O3. The van der Waals surface area contributed by atoms with Crippen molar-refractivity contribution in [3.8, 4) is 0 Å². The Hall–Kier alpha value is -2.70. The molecule has 1 aromatic carbocycles. The van der Waals surface area contributed by atoms with Gasteiger partial charge < -0.3 is 24.7 Å². The lowest BCUT2D eigenvalue weighted by Gasteiger charge is -2.32. The van der Waals surface area contributed by atoms with E-state index >= 15 is 0 Å². The molecule has 1 amide bonds. The fraction of sp³-hybridized carbons (Fsp3) is 0.524. The molecule has 28 heavy (non-hydrogen) atoms. The summed E-state index contributed by atoms with van der Waals surface area (Å²) in [5.74, 6) is 1.66. The number of para-hydroxylation sites is 1. The Labute approximate surface area is 166 Å². The molecule has 7 heteroatoms. The van der Waals surface area contributed by atoms with Crippen LogP contribution in [0.1, 0.15) is 38.0 Å². The number of aryl methyl sites for hydroxylation is 1. The minimum absolute atomic E-state index is 0.220. The summed E-state index contributed by atoms with van der Waals surface area (Å²) in [6.07, 6.45) is 1.52. The first-order chi connectivity index (χ1) is 13.6. The molecule has 1 aliphatic heterocycles. The van der Waals surface area contributed by atoms with Gasteiger partial charge in [-0.1, -0.05) is 18.2 Å². The number of piperidine rings is 1. The number of nitrogens with zero attached hydrogens (tertiary/aromatic N) is 2. The molecule has 0 radical (unpaired) electrons. The molecule has 1 saturated heterocycles. The smallest absolute Gasteiger partial charge is 0.409 e. The zero-order valence-electron chi connectivity index (χ0n) is 17.0. The number of benzene rings is 1. The maximum atomic E-state index is 11.8. The summed E-state index contributed by atoms with van der Waals surface area (Å²) in [6, 6.07) is 8.33. The van der Waals surface area contributed by atoms with Crippen molar-refractivity contribution < 1.29 is 13.9 Å². The van der Waals surface area contributed by atoms with Gasteiger partial charge in [0.25, 0.3) is 0 Å². The predicted molar refractivity (Wildman–Crippen MR) is 111 cm³/mol. The van der Waals surface area contributed by atoms with E-state index in [2.05, 4.69) is 23.6 Å². The minimum Gasteiger partial charge on any atom is -0.459 e. The van der Waals surface area contributed by atoms with Crippen molar-refractivity contribution in [1.82, 2.24) is 15.5 Å². The molecule has 0 saturated carbocycles. The molecule has 1 aliphatic rings. The lowest BCUT2D eigenvalue weighted by Crippen LogP contribution is -2.49. The molecule has 0 spiro atoms. The number of rotatable bonds is 5. The van der Waals surface area contributed by atoms with Gasteiger partial charge in [-0.3, -0.25) is 0 Å². The standard InChI is InChI=1S/C21H30N4O3/c1-4-22-20(24-16-10-12-25(13-11-16)21(26)27-5-2)23-14-19-15(3)17-8-6-7-9-18(17)28-19/h6-9,16H,4-5,10-14H2,1-3H3,(H2,22,23,24). The van der Waals surface area contributed by atoms with E-state index in [1.54, 1.807) is 4.90 Å². The van der Waals surface area contributed by atoms with E-state index < -0.39 is 0 Å². The van der Waals surface area contributed by atoms with E-state index in [0.29, 0.717) is 26.2 Å². The van der Waals surface area contributed by atoms with Crippen LogP contribution in [0.4, 0.5) is 4.79 Å². The van der Waals surface area contributed by atoms with Crippen molar-refractivity contribution >= 4 is 23.0 Å². The molecular weight excluding hydrogens is 356 g/mol. The van der Waals surface area contributed by atoms with Crippen LogP contribution in [-0.2, 0) is 11.3 Å². The van der Waals surface area contributed by atoms with Gasteiger partial charge in [0.15, 0.2) is 5.96 Å². The number of amides is 1. The highest BCUT2D eigenvalue weighted by atomic mass is 16.6. The van der Waals surface area contributed by atoms with Gasteiger partial charge in [0, 0.05) is 36.6 Å². The van der Waals surface area contributed by atoms with Gasteiger partial charge in [-0.25, -0.2) is 9.79 Å². The average molecular weight is 386 g/mol. The summed E-state index contributed by atoms with van der Waals surface area (Å²) in [7, 11) is 0. The summed E-state index contributed by atoms with van der Waals surface area (Å²) < 4.78 is 11.0. The molecule has 0 unspecified atom stereocenters. The number of hydrogen-bond donors (Lipinski definition) is 2. The summed E-state index contributed by atoms with van der Waals surface area (Å²) >= 11 is 0. The lowest BCUT2D eigenvalue weighted by atomic mass is 10.1. The van der Waals surface area contributed by atoms with Gasteiger partial charge in [-0.2, -0.15) is 0 Å². The van der Waals surface area contributed by atoms with E-state index in [0.717, 1.165) is 47.6 Å². The largest absolute Gasteiger partial charge is 0.459 e. The highest BCUT2D eigenvalue weighted by Crippen LogP contribution is 2.25. The second-order valence-corrected chi connectivity index (χ2v) is 6.95. The summed E-state index contributed by atoms with van der Waals surface area (Å²) in [5, 5.41) is 7.93. The maximum Gasteiger partial charge on any atom is 0.409 e. The minimum atomic E-state index is -0.220. The first-order valence-electron chi connectivity index (χ1n) is 10.1. The van der Waals surface area contributed by atoms with Crippen LogP contribution >= 0.6 is 0 Å². The van der Waals surface area contributed by atoms with E-state index in [1.165, 1.54) is 0 Å². The van der Waals surface area contributed by atoms with E-state index in [4.69, 9.17) is 14.1 Å². The van der Waals surface area contributed by atoms with Crippen molar-refractivity contribution in [3.05, 3.63) is 35.6 Å². The summed E-state index contributed by atoms with van der Waals surface area (Å²) in [6.45, 7) is 9.01. The number of nitrogens with one attached hydrogen (secondary N) is 2. The quantitative estimate of drug-likeness (QED) is 0.608. The number of guanidine groups is 1. The predicted octanol–water partition coefficient (Wildman–Crippen LogP) is 3.42. The average Bonchev–Trinajstić information content (AvgIpc) is 3.03. The third kappa shape index (κ3) is 4.77. The molecule has 0 atom stereocenters. The number of likely N-dealkylation sites (tertiary alicyclic amines) is 1. The molecule has 0 bridgehead atoms. The Morgan fingerprint density at radius 2 is 2.04 bits per heavy atom. The third-order valence-corrected chi connectivity index (χ3v) is 5.03. The molecule has 0 aliphatic carbocycles. The van der Waals surface area contributed by atoms with Crippen LogP contribution in [0.3, 0.4) is 0 Å². The number of aliphatic imine (C=N–C) groups is 1. The Kier molecular flexibility index (Phi) is 6.79. The first kappa shape index (κ1) is 20.0. The normalized spacial score (nSPS) is 15.7. The van der Waals surface area contributed by atoms with E-state index in [9.17, 15) is 4.79 Å². The molecule has 2 heterocycles. The third-order valence-electron chi connectivity index (χ3n) is 5.03. The van der Waals surface area contributed by atoms with Crippen molar-refractivity contribution in [2.45, 2.75) is 46.2 Å². The van der Waals surface area contributed by atoms with Crippen LogP contribution in [-0.4, -0.2) is 49.2 Å². The van der Waals surface area contributed by atoms with Crippen LogP contribution in [0.5, 0.6) is 0 Å². The van der Waals surface area contributed by atoms with Gasteiger partial charge in [0.2, 0.25) is 0 Å². The van der Waals surface area contributed by atoms with E-state index in [-0.39, 0.29) is 12.1 Å². The fourth-order valence-corrected chi connectivity index (χ4v) is 3.46. The van der Waals surface area contributed by atoms with Crippen LogP contribution in [0.15, 0.2) is 33.7 Å². The molecule has 152 valence electrons. The first-order valence-corrected chi connectivity index (χ1v) is 10.1. The summed E-state index contributed by atoms with van der Waals surface area (Å²) in [4.78, 5) is 18.3. The number of carbonyl (C=O) groups is 1. The van der Waals surface area contributed by atoms with Crippen LogP contribution in [0.25, 0.3) is 11.0 Å². The number of furan rings is 1. The number of ether oxygens (including phenoxy) is 1. The Morgan fingerprint density at radius 1 is 1.29 bits per heavy atom. The van der Waals surface area contributed by atoms with Gasteiger partial charge >= 0.3 is 6.09 Å². The second-order valence-electron chi connectivity index (χ2n) is 6.95. The van der Waals surface area contributed by atoms with Gasteiger partial charge in [-0.15, -0.1) is 0 Å². The molecule has 1 aromatic heterocycles. The zero-order valence-corrected chi connectivity index (χ0v) is 17.0. The highest BCUT2D eigenvalue weighted by Gasteiger charge is 2.24. The van der Waals surface area contributed by atoms with Gasteiger partial charge in [-0.05, 0) is 39.7 Å². The van der Waals surface area contributed by atoms with Crippen LogP contribution < -0.4 is 10.6 Å². The number of carbonyl (C=O) groups excluding carboxylic acids is 1. The molecule has 1 fully saturated rings. The molecule has 7 nitrogen and oxygen atoms in total. The molecule has 2 aromatic rings. The number of hydrogen-bond acceptors (Lipinski definition) is 4. The molecule has 3 rings (SSSR count). The van der Waals surface area contributed by atoms with Gasteiger partial charge in [0.1, 0.15) is 17.9 Å². The van der Waals surface area contributed by atoms with Crippen LogP contribution in [0.2, 0.25) is 0 Å². The summed E-state index contributed by atoms with van der Waals surface area (Å²) in [5.41, 5.74) is 2.03. The van der Waals surface area contributed by atoms with E-state index in [1.807, 2.05) is 32.0 Å². The molecule has 2 N–H and O–H groups in total. The zero-order chi connectivity index (χ0) is 19.9. The Bertz CT molecular complexity index is 822. The highest BCUT2D eigenvalue weighted by molar-refractivity contribution is 5.82. The van der Waals surface area contributed by atoms with Crippen molar-refractivity contribution in [3.63, 3.8) is 0 Å². The van der Waals surface area contributed by atoms with Crippen molar-refractivity contribution in [1.29, 1.82) is 0 Å². The van der Waals surface area contributed by atoms with Crippen molar-refractivity contribution in [2.75, 3.05) is 26.2 Å². The Balaban J connectivity index is 1.60. The Morgan fingerprint density at radius 3 is 2.71 bits per heavy atom.